The number of nitrogens with two attached hydrogens (primary N) is 1. The molecule has 0 saturated heterocycles. The van der Waals surface area contributed by atoms with Gasteiger partial charge in [0.25, 0.3) is 0 Å². The first-order valence-electron chi connectivity index (χ1n) is 5.31. The van der Waals surface area contributed by atoms with Crippen LogP contribution in [0.1, 0.15) is 5.56 Å². The van der Waals surface area contributed by atoms with E-state index in [1.165, 1.54) is 0 Å². The molecule has 1 aromatic rings. The van der Waals surface area contributed by atoms with Crippen LogP contribution in [0.4, 0.5) is 0 Å². The average Bonchev–Trinajstić information content (AvgIpc) is 2.37. The lowest BCUT2D eigenvalue weighted by molar-refractivity contribution is 0.265. The molecular weight excluding hydrogens is 258 g/mol. The maximum atomic E-state index is 8.94. The zero-order chi connectivity index (χ0) is 12.8. The van der Waals surface area contributed by atoms with Gasteiger partial charge in [0.05, 0.1) is 27.9 Å². The van der Waals surface area contributed by atoms with Crippen molar-refractivity contribution in [2.75, 3.05) is 27.9 Å². The molecule has 104 valence electrons. The summed E-state index contributed by atoms with van der Waals surface area (Å²) in [5.74, 6) is 1.73. The lowest BCUT2D eigenvalue weighted by Gasteiger charge is -2.15. The van der Waals surface area contributed by atoms with Crippen LogP contribution in [0.3, 0.4) is 0 Å². The number of hydrogen-bond acceptors (Lipinski definition) is 5. The topological polar surface area (TPSA) is 73.9 Å². The number of rotatable bonds is 6. The molecule has 1 atom stereocenters. The van der Waals surface area contributed by atoms with Crippen LogP contribution in [-0.2, 0) is 6.42 Å². The van der Waals surface area contributed by atoms with Gasteiger partial charge in [0.2, 0.25) is 5.75 Å². The lowest BCUT2D eigenvalue weighted by atomic mass is 10.1. The van der Waals surface area contributed by atoms with E-state index in [0.717, 1.165) is 5.56 Å². The van der Waals surface area contributed by atoms with Gasteiger partial charge in [-0.2, -0.15) is 0 Å². The minimum Gasteiger partial charge on any atom is -0.493 e. The molecule has 0 bridgehead atoms. The Bertz CT molecular complexity index is 348. The molecule has 5 nitrogen and oxygen atoms in total. The van der Waals surface area contributed by atoms with Gasteiger partial charge in [0.1, 0.15) is 0 Å². The molecule has 0 saturated carbocycles. The molecule has 0 amide bonds. The van der Waals surface area contributed by atoms with Crippen molar-refractivity contribution < 1.29 is 19.3 Å². The minimum absolute atomic E-state index is 0. The fraction of sp³-hybridized carbons (Fsp3) is 0.500. The van der Waals surface area contributed by atoms with Crippen LogP contribution in [0.5, 0.6) is 17.2 Å². The molecule has 18 heavy (non-hydrogen) atoms. The third-order valence-electron chi connectivity index (χ3n) is 2.46. The van der Waals surface area contributed by atoms with Crippen molar-refractivity contribution in [2.45, 2.75) is 12.5 Å². The third-order valence-corrected chi connectivity index (χ3v) is 2.46. The summed E-state index contributed by atoms with van der Waals surface area (Å²) in [4.78, 5) is 0. The van der Waals surface area contributed by atoms with Gasteiger partial charge < -0.3 is 25.1 Å². The first kappa shape index (κ1) is 16.8. The summed E-state index contributed by atoms with van der Waals surface area (Å²) in [6, 6.07) is 3.37. The highest BCUT2D eigenvalue weighted by molar-refractivity contribution is 5.85. The maximum Gasteiger partial charge on any atom is 0.203 e. The molecule has 1 rings (SSSR count). The standard InChI is InChI=1S/C12H19NO4.ClH/c1-15-10-5-8(4-9(13)7-14)6-11(16-2)12(10)17-3;/h5-6,9,14H,4,7,13H2,1-3H3;1H. The van der Waals surface area contributed by atoms with Gasteiger partial charge in [0.15, 0.2) is 11.5 Å². The molecule has 0 aliphatic heterocycles. The monoisotopic (exact) mass is 277 g/mol. The summed E-state index contributed by atoms with van der Waals surface area (Å²) in [5, 5.41) is 8.94. The first-order chi connectivity index (χ1) is 8.15. The Kier molecular flexibility index (Phi) is 7.50. The largest absolute Gasteiger partial charge is 0.493 e. The third kappa shape index (κ3) is 3.94. The number of benzene rings is 1. The molecule has 0 aliphatic rings. The fourth-order valence-electron chi connectivity index (χ4n) is 1.62. The zero-order valence-corrected chi connectivity index (χ0v) is 11.6. The van der Waals surface area contributed by atoms with Gasteiger partial charge in [-0.25, -0.2) is 0 Å². The van der Waals surface area contributed by atoms with Crippen LogP contribution in [0.15, 0.2) is 12.1 Å². The molecule has 0 aromatic heterocycles. The number of aliphatic hydroxyl groups excluding tert-OH is 1. The van der Waals surface area contributed by atoms with E-state index < -0.39 is 0 Å². The van der Waals surface area contributed by atoms with Crippen molar-refractivity contribution in [3.63, 3.8) is 0 Å². The Morgan fingerprint density at radius 3 is 1.94 bits per heavy atom. The Hall–Kier alpha value is -1.17. The van der Waals surface area contributed by atoms with E-state index >= 15 is 0 Å². The van der Waals surface area contributed by atoms with Crippen LogP contribution in [0.25, 0.3) is 0 Å². The van der Waals surface area contributed by atoms with Crippen molar-refractivity contribution in [3.05, 3.63) is 17.7 Å². The van der Waals surface area contributed by atoms with E-state index in [0.29, 0.717) is 23.7 Å². The number of aliphatic hydroxyl groups is 1. The van der Waals surface area contributed by atoms with E-state index in [-0.39, 0.29) is 25.1 Å². The van der Waals surface area contributed by atoms with Crippen molar-refractivity contribution in [3.8, 4) is 17.2 Å². The summed E-state index contributed by atoms with van der Waals surface area (Å²) in [6.07, 6.45) is 0.549. The first-order valence-corrected chi connectivity index (χ1v) is 5.31. The SMILES string of the molecule is COc1cc(CC(N)CO)cc(OC)c1OC.Cl. The number of halogens is 1. The number of hydrogen-bond donors (Lipinski definition) is 2. The molecule has 0 spiro atoms. The van der Waals surface area contributed by atoms with E-state index in [9.17, 15) is 0 Å². The lowest BCUT2D eigenvalue weighted by Crippen LogP contribution is -2.26. The van der Waals surface area contributed by atoms with Crippen molar-refractivity contribution in [1.29, 1.82) is 0 Å². The predicted octanol–water partition coefficient (Wildman–Crippen LogP) is 0.996. The van der Waals surface area contributed by atoms with Gasteiger partial charge in [-0.3, -0.25) is 0 Å². The van der Waals surface area contributed by atoms with Crippen LogP contribution < -0.4 is 19.9 Å². The second-order valence-electron chi connectivity index (χ2n) is 3.68. The van der Waals surface area contributed by atoms with Gasteiger partial charge in [-0.05, 0) is 24.1 Å². The summed E-state index contributed by atoms with van der Waals surface area (Å²) in [5.41, 5.74) is 6.63. The zero-order valence-electron chi connectivity index (χ0n) is 10.8. The molecule has 0 fully saturated rings. The highest BCUT2D eigenvalue weighted by Crippen LogP contribution is 2.38. The second-order valence-corrected chi connectivity index (χ2v) is 3.68. The normalized spacial score (nSPS) is 11.4. The maximum absolute atomic E-state index is 8.94. The molecule has 0 heterocycles. The van der Waals surface area contributed by atoms with Crippen LogP contribution >= 0.6 is 12.4 Å². The molecule has 1 unspecified atom stereocenters. The Balaban J connectivity index is 0.00000289. The molecule has 1 aromatic carbocycles. The predicted molar refractivity (Wildman–Crippen MR) is 72.1 cm³/mol. The van der Waals surface area contributed by atoms with Gasteiger partial charge in [-0.1, -0.05) is 0 Å². The van der Waals surface area contributed by atoms with Gasteiger partial charge >= 0.3 is 0 Å². The smallest absolute Gasteiger partial charge is 0.203 e. The van der Waals surface area contributed by atoms with Gasteiger partial charge in [-0.15, -0.1) is 12.4 Å². The summed E-state index contributed by atoms with van der Waals surface area (Å²) >= 11 is 0. The highest BCUT2D eigenvalue weighted by Gasteiger charge is 2.14. The molecule has 0 aliphatic carbocycles. The molecular formula is C12H20ClNO4. The number of methoxy groups -OCH3 is 3. The Morgan fingerprint density at radius 2 is 1.61 bits per heavy atom. The van der Waals surface area contributed by atoms with Crippen LogP contribution in [0.2, 0.25) is 0 Å². The van der Waals surface area contributed by atoms with E-state index in [4.69, 9.17) is 25.1 Å². The molecule has 0 radical (unpaired) electrons. The van der Waals surface area contributed by atoms with Gasteiger partial charge in [0, 0.05) is 6.04 Å². The van der Waals surface area contributed by atoms with E-state index in [2.05, 4.69) is 0 Å². The fourth-order valence-corrected chi connectivity index (χ4v) is 1.62. The molecule has 3 N–H and O–H groups in total. The van der Waals surface area contributed by atoms with E-state index in [1.54, 1.807) is 21.3 Å². The molecule has 6 heteroatoms. The number of ether oxygens (including phenoxy) is 3. The highest BCUT2D eigenvalue weighted by atomic mass is 35.5. The average molecular weight is 278 g/mol. The summed E-state index contributed by atoms with van der Waals surface area (Å²) in [6.45, 7) is -0.0589. The minimum atomic E-state index is -0.294. The Morgan fingerprint density at radius 1 is 1.11 bits per heavy atom. The quantitative estimate of drug-likeness (QED) is 0.811. The van der Waals surface area contributed by atoms with Crippen molar-refractivity contribution >= 4 is 12.4 Å². The summed E-state index contributed by atoms with van der Waals surface area (Å²) < 4.78 is 15.7. The van der Waals surface area contributed by atoms with Crippen molar-refractivity contribution in [1.82, 2.24) is 0 Å². The second kappa shape index (κ2) is 8.02. The summed E-state index contributed by atoms with van der Waals surface area (Å²) in [7, 11) is 4.68. The van der Waals surface area contributed by atoms with Crippen LogP contribution in [0, 0.1) is 0 Å². The van der Waals surface area contributed by atoms with Crippen molar-refractivity contribution in [2.24, 2.45) is 5.73 Å². The van der Waals surface area contributed by atoms with Crippen LogP contribution in [-0.4, -0.2) is 39.1 Å². The van der Waals surface area contributed by atoms with E-state index in [1.807, 2.05) is 12.1 Å². The Labute approximate surface area is 113 Å².